The molecule has 0 unspecified atom stereocenters. The first-order valence-electron chi connectivity index (χ1n) is 10.3. The van der Waals surface area contributed by atoms with Crippen LogP contribution in [-0.4, -0.2) is 55.1 Å². The van der Waals surface area contributed by atoms with Crippen LogP contribution in [0.4, 0.5) is 0 Å². The smallest absolute Gasteiger partial charge is 0.336 e. The second kappa shape index (κ2) is 8.45. The van der Waals surface area contributed by atoms with Crippen molar-refractivity contribution < 1.29 is 13.9 Å². The van der Waals surface area contributed by atoms with Crippen LogP contribution in [0.3, 0.4) is 0 Å². The normalized spacial score (nSPS) is 19.2. The number of carbonyl (C=O) groups excluding carboxylic acids is 1. The van der Waals surface area contributed by atoms with Crippen molar-refractivity contribution in [3.8, 4) is 0 Å². The molecule has 0 N–H and O–H groups in total. The molecule has 0 aliphatic carbocycles. The largest absolute Gasteiger partial charge is 0.423 e. The van der Waals surface area contributed by atoms with Gasteiger partial charge in [0.25, 0.3) is 0 Å². The Kier molecular flexibility index (Phi) is 5.78. The first kappa shape index (κ1) is 19.2. The summed E-state index contributed by atoms with van der Waals surface area (Å²) in [6.45, 7) is 7.30. The van der Waals surface area contributed by atoms with Gasteiger partial charge in [-0.15, -0.1) is 0 Å². The molecular weight excluding hydrogens is 356 g/mol. The molecule has 1 aromatic carbocycles. The van der Waals surface area contributed by atoms with Crippen LogP contribution >= 0.6 is 0 Å². The Hall–Kier alpha value is -2.18. The molecule has 2 aliphatic heterocycles. The van der Waals surface area contributed by atoms with Gasteiger partial charge in [0.15, 0.2) is 0 Å². The SMILES string of the molecule is CCc1ccc2oc(=O)cc(CN3CCC(C(=O)N4CCOCC4)CC3)c2c1. The van der Waals surface area contributed by atoms with Crippen LogP contribution in [0.5, 0.6) is 0 Å². The van der Waals surface area contributed by atoms with E-state index in [0.717, 1.165) is 43.3 Å². The molecular formula is C22H28N2O4. The Morgan fingerprint density at radius 2 is 1.86 bits per heavy atom. The number of rotatable bonds is 4. The number of nitrogens with zero attached hydrogens (tertiary/aromatic N) is 2. The molecule has 6 heteroatoms. The third-order valence-corrected chi connectivity index (χ3v) is 5.95. The summed E-state index contributed by atoms with van der Waals surface area (Å²) < 4.78 is 10.7. The van der Waals surface area contributed by atoms with Gasteiger partial charge < -0.3 is 14.1 Å². The molecule has 150 valence electrons. The summed E-state index contributed by atoms with van der Waals surface area (Å²) in [4.78, 5) is 29.0. The summed E-state index contributed by atoms with van der Waals surface area (Å²) in [5, 5.41) is 1.02. The minimum Gasteiger partial charge on any atom is -0.423 e. The van der Waals surface area contributed by atoms with Crippen LogP contribution < -0.4 is 5.63 Å². The predicted octanol–water partition coefficient (Wildman–Crippen LogP) is 2.43. The predicted molar refractivity (Wildman–Crippen MR) is 107 cm³/mol. The molecule has 6 nitrogen and oxygen atoms in total. The number of morpholine rings is 1. The fourth-order valence-corrected chi connectivity index (χ4v) is 4.25. The van der Waals surface area contributed by atoms with Crippen LogP contribution in [0.2, 0.25) is 0 Å². The number of ether oxygens (including phenoxy) is 1. The fourth-order valence-electron chi connectivity index (χ4n) is 4.25. The Morgan fingerprint density at radius 1 is 1.11 bits per heavy atom. The number of amides is 1. The summed E-state index contributed by atoms with van der Waals surface area (Å²) in [5.41, 5.74) is 2.60. The topological polar surface area (TPSA) is 63.0 Å². The van der Waals surface area contributed by atoms with Gasteiger partial charge in [-0.3, -0.25) is 9.69 Å². The van der Waals surface area contributed by atoms with Gasteiger partial charge in [-0.1, -0.05) is 13.0 Å². The molecule has 2 fully saturated rings. The molecule has 28 heavy (non-hydrogen) atoms. The van der Waals surface area contributed by atoms with Gasteiger partial charge in [0, 0.05) is 37.0 Å². The van der Waals surface area contributed by atoms with Gasteiger partial charge in [0.2, 0.25) is 5.91 Å². The van der Waals surface area contributed by atoms with E-state index in [9.17, 15) is 9.59 Å². The minimum atomic E-state index is -0.302. The van der Waals surface area contributed by atoms with Gasteiger partial charge in [-0.2, -0.15) is 0 Å². The quantitative estimate of drug-likeness (QED) is 0.758. The Balaban J connectivity index is 1.43. The first-order chi connectivity index (χ1) is 13.6. The van der Waals surface area contributed by atoms with Crippen molar-refractivity contribution in [1.29, 1.82) is 0 Å². The fraction of sp³-hybridized carbons (Fsp3) is 0.545. The molecule has 0 atom stereocenters. The van der Waals surface area contributed by atoms with E-state index in [1.165, 1.54) is 5.56 Å². The van der Waals surface area contributed by atoms with Crippen molar-refractivity contribution in [2.24, 2.45) is 5.92 Å². The van der Waals surface area contributed by atoms with Gasteiger partial charge >= 0.3 is 5.63 Å². The highest BCUT2D eigenvalue weighted by Crippen LogP contribution is 2.25. The average molecular weight is 384 g/mol. The highest BCUT2D eigenvalue weighted by Gasteiger charge is 2.29. The molecule has 2 saturated heterocycles. The lowest BCUT2D eigenvalue weighted by atomic mass is 9.94. The number of piperidine rings is 1. The van der Waals surface area contributed by atoms with Crippen LogP contribution in [0.25, 0.3) is 11.0 Å². The monoisotopic (exact) mass is 384 g/mol. The lowest BCUT2D eigenvalue weighted by molar-refractivity contribution is -0.141. The Morgan fingerprint density at radius 3 is 2.57 bits per heavy atom. The Bertz CT molecular complexity index is 893. The Labute approximate surface area is 165 Å². The van der Waals surface area contributed by atoms with E-state index >= 15 is 0 Å². The molecule has 2 aliphatic rings. The number of hydrogen-bond acceptors (Lipinski definition) is 5. The van der Waals surface area contributed by atoms with E-state index in [4.69, 9.17) is 9.15 Å². The molecule has 1 amide bonds. The second-order valence-electron chi connectivity index (χ2n) is 7.76. The number of benzene rings is 1. The lowest BCUT2D eigenvalue weighted by Crippen LogP contribution is -2.46. The third kappa shape index (κ3) is 4.13. The van der Waals surface area contributed by atoms with E-state index in [-0.39, 0.29) is 17.5 Å². The van der Waals surface area contributed by atoms with Crippen molar-refractivity contribution in [1.82, 2.24) is 9.80 Å². The standard InChI is InChI=1S/C22H28N2O4/c1-2-16-3-4-20-19(13-16)18(14-21(25)28-20)15-23-7-5-17(6-8-23)22(26)24-9-11-27-12-10-24/h3-4,13-14,17H,2,5-12,15H2,1H3. The van der Waals surface area contributed by atoms with Crippen LogP contribution in [0.15, 0.2) is 33.5 Å². The average Bonchev–Trinajstić information content (AvgIpc) is 2.74. The zero-order valence-corrected chi connectivity index (χ0v) is 16.5. The first-order valence-corrected chi connectivity index (χ1v) is 10.3. The number of fused-ring (bicyclic) bond motifs is 1. The number of aryl methyl sites for hydroxylation is 1. The molecule has 4 rings (SSSR count). The van der Waals surface area contributed by atoms with Crippen LogP contribution in [0, 0.1) is 5.92 Å². The van der Waals surface area contributed by atoms with Gasteiger partial charge in [-0.05, 0) is 55.6 Å². The van der Waals surface area contributed by atoms with Crippen molar-refractivity contribution in [3.63, 3.8) is 0 Å². The highest BCUT2D eigenvalue weighted by molar-refractivity contribution is 5.81. The van der Waals surface area contributed by atoms with E-state index in [2.05, 4.69) is 17.9 Å². The molecule has 0 radical (unpaired) electrons. The highest BCUT2D eigenvalue weighted by atomic mass is 16.5. The third-order valence-electron chi connectivity index (χ3n) is 5.95. The van der Waals surface area contributed by atoms with Crippen LogP contribution in [-0.2, 0) is 22.5 Å². The molecule has 0 saturated carbocycles. The van der Waals surface area contributed by atoms with Crippen LogP contribution in [0.1, 0.15) is 30.9 Å². The van der Waals surface area contributed by atoms with Crippen molar-refractivity contribution in [3.05, 3.63) is 45.8 Å². The van der Waals surface area contributed by atoms with Gasteiger partial charge in [0.05, 0.1) is 13.2 Å². The molecule has 1 aromatic heterocycles. The molecule has 0 spiro atoms. The zero-order valence-electron chi connectivity index (χ0n) is 16.5. The number of carbonyl (C=O) groups is 1. The lowest BCUT2D eigenvalue weighted by Gasteiger charge is -2.35. The molecule has 2 aromatic rings. The van der Waals surface area contributed by atoms with E-state index in [1.54, 1.807) is 6.07 Å². The maximum absolute atomic E-state index is 12.7. The summed E-state index contributed by atoms with van der Waals surface area (Å²) in [6, 6.07) is 7.65. The van der Waals surface area contributed by atoms with Crippen molar-refractivity contribution in [2.45, 2.75) is 32.7 Å². The minimum absolute atomic E-state index is 0.110. The summed E-state index contributed by atoms with van der Waals surface area (Å²) in [5.74, 6) is 0.389. The van der Waals surface area contributed by atoms with E-state index in [1.807, 2.05) is 17.0 Å². The van der Waals surface area contributed by atoms with E-state index < -0.39 is 0 Å². The second-order valence-corrected chi connectivity index (χ2v) is 7.76. The van der Waals surface area contributed by atoms with Gasteiger partial charge in [0.1, 0.15) is 5.58 Å². The van der Waals surface area contributed by atoms with Gasteiger partial charge in [-0.25, -0.2) is 4.79 Å². The summed E-state index contributed by atoms with van der Waals surface area (Å²) in [6.07, 6.45) is 2.69. The van der Waals surface area contributed by atoms with Crippen molar-refractivity contribution >= 4 is 16.9 Å². The maximum Gasteiger partial charge on any atom is 0.336 e. The number of likely N-dealkylation sites (tertiary alicyclic amines) is 1. The van der Waals surface area contributed by atoms with E-state index in [0.29, 0.717) is 38.4 Å². The zero-order chi connectivity index (χ0) is 19.5. The molecule has 3 heterocycles. The maximum atomic E-state index is 12.7. The summed E-state index contributed by atoms with van der Waals surface area (Å²) >= 11 is 0. The number of hydrogen-bond donors (Lipinski definition) is 0. The summed E-state index contributed by atoms with van der Waals surface area (Å²) in [7, 11) is 0. The van der Waals surface area contributed by atoms with Crippen molar-refractivity contribution in [2.75, 3.05) is 39.4 Å². The molecule has 0 bridgehead atoms.